The lowest BCUT2D eigenvalue weighted by atomic mass is 10.2. The van der Waals surface area contributed by atoms with E-state index in [1.54, 1.807) is 28.8 Å². The molecule has 3 rings (SSSR count). The number of sulfonamides is 1. The molecule has 0 radical (unpaired) electrons. The van der Waals surface area contributed by atoms with Gasteiger partial charge in [-0.15, -0.1) is 0 Å². The summed E-state index contributed by atoms with van der Waals surface area (Å²) in [6, 6.07) is 5.20. The van der Waals surface area contributed by atoms with Crippen molar-refractivity contribution in [2.45, 2.75) is 17.9 Å². The van der Waals surface area contributed by atoms with E-state index in [4.69, 9.17) is 0 Å². The number of imidazole rings is 1. The SMILES string of the molecule is Cc1c(Br)cccc1S(=O)(=O)N1CCN(C)[C@@H](c2ncc[nH]2)C1. The number of aromatic nitrogens is 2. The molecule has 124 valence electrons. The zero-order valence-corrected chi connectivity index (χ0v) is 15.4. The Kier molecular flexibility index (Phi) is 4.59. The first-order valence-electron chi connectivity index (χ1n) is 7.36. The lowest BCUT2D eigenvalue weighted by Crippen LogP contribution is -2.49. The Bertz CT molecular complexity index is 792. The molecule has 2 heterocycles. The third-order valence-electron chi connectivity index (χ3n) is 4.28. The van der Waals surface area contributed by atoms with Crippen molar-refractivity contribution >= 4 is 26.0 Å². The molecule has 1 aliphatic rings. The Hall–Kier alpha value is -1.22. The Morgan fingerprint density at radius 1 is 1.35 bits per heavy atom. The quantitative estimate of drug-likeness (QED) is 0.859. The van der Waals surface area contributed by atoms with Crippen LogP contribution >= 0.6 is 15.9 Å². The summed E-state index contributed by atoms with van der Waals surface area (Å²) < 4.78 is 28.4. The van der Waals surface area contributed by atoms with Gasteiger partial charge in [-0.25, -0.2) is 13.4 Å². The number of nitrogens with zero attached hydrogens (tertiary/aromatic N) is 3. The fraction of sp³-hybridized carbons (Fsp3) is 0.400. The predicted octanol–water partition coefficient (Wildman–Crippen LogP) is 2.16. The number of piperazine rings is 1. The Balaban J connectivity index is 1.93. The fourth-order valence-electron chi connectivity index (χ4n) is 2.83. The highest BCUT2D eigenvalue weighted by Gasteiger charge is 2.35. The van der Waals surface area contributed by atoms with Gasteiger partial charge in [0.05, 0.1) is 10.9 Å². The van der Waals surface area contributed by atoms with E-state index in [9.17, 15) is 8.42 Å². The number of hydrogen-bond donors (Lipinski definition) is 1. The summed E-state index contributed by atoms with van der Waals surface area (Å²) in [4.78, 5) is 9.85. The molecule has 6 nitrogen and oxygen atoms in total. The zero-order chi connectivity index (χ0) is 16.6. The molecule has 1 atom stereocenters. The summed E-state index contributed by atoms with van der Waals surface area (Å²) in [7, 11) is -1.54. The molecule has 0 amide bonds. The number of benzene rings is 1. The van der Waals surface area contributed by atoms with E-state index in [0.717, 1.165) is 15.9 Å². The molecule has 1 aliphatic heterocycles. The van der Waals surface area contributed by atoms with Gasteiger partial charge in [-0.1, -0.05) is 22.0 Å². The van der Waals surface area contributed by atoms with E-state index < -0.39 is 10.0 Å². The number of nitrogens with one attached hydrogen (secondary N) is 1. The van der Waals surface area contributed by atoms with E-state index in [1.165, 1.54) is 0 Å². The maximum absolute atomic E-state index is 13.0. The molecule has 0 unspecified atom stereocenters. The molecule has 0 aliphatic carbocycles. The normalized spacial score (nSPS) is 20.7. The predicted molar refractivity (Wildman–Crippen MR) is 91.6 cm³/mol. The van der Waals surface area contributed by atoms with E-state index in [0.29, 0.717) is 24.5 Å². The molecule has 0 spiro atoms. The minimum atomic E-state index is -3.53. The summed E-state index contributed by atoms with van der Waals surface area (Å²) in [5.41, 5.74) is 0.737. The Morgan fingerprint density at radius 3 is 2.83 bits per heavy atom. The monoisotopic (exact) mass is 398 g/mol. The van der Waals surface area contributed by atoms with Gasteiger partial charge in [-0.3, -0.25) is 4.90 Å². The maximum atomic E-state index is 13.0. The summed E-state index contributed by atoms with van der Waals surface area (Å²) in [5.74, 6) is 0.790. The second-order valence-corrected chi connectivity index (χ2v) is 8.46. The average molecular weight is 399 g/mol. The van der Waals surface area contributed by atoms with Gasteiger partial charge in [-0.05, 0) is 31.7 Å². The third-order valence-corrected chi connectivity index (χ3v) is 7.15. The van der Waals surface area contributed by atoms with Crippen LogP contribution in [0.4, 0.5) is 0 Å². The van der Waals surface area contributed by atoms with Crippen LogP contribution in [0.3, 0.4) is 0 Å². The number of rotatable bonds is 3. The summed E-state index contributed by atoms with van der Waals surface area (Å²) >= 11 is 3.41. The van der Waals surface area contributed by atoms with Gasteiger partial charge in [-0.2, -0.15) is 4.31 Å². The molecule has 1 N–H and O–H groups in total. The number of halogens is 1. The topological polar surface area (TPSA) is 69.3 Å². The first kappa shape index (κ1) is 16.6. The number of likely N-dealkylation sites (N-methyl/N-ethyl adjacent to an activating group) is 1. The zero-order valence-electron chi connectivity index (χ0n) is 13.0. The Labute approximate surface area is 144 Å². The van der Waals surface area contributed by atoms with Crippen molar-refractivity contribution in [2.24, 2.45) is 0 Å². The van der Waals surface area contributed by atoms with E-state index in [1.807, 2.05) is 20.0 Å². The second kappa shape index (κ2) is 6.35. The minimum absolute atomic E-state index is 0.0685. The smallest absolute Gasteiger partial charge is 0.243 e. The first-order valence-corrected chi connectivity index (χ1v) is 9.59. The molecule has 8 heteroatoms. The van der Waals surface area contributed by atoms with Crippen molar-refractivity contribution in [2.75, 3.05) is 26.7 Å². The molecule has 1 aromatic carbocycles. The lowest BCUT2D eigenvalue weighted by Gasteiger charge is -2.37. The van der Waals surface area contributed by atoms with Crippen LogP contribution in [0, 0.1) is 6.92 Å². The number of hydrogen-bond acceptors (Lipinski definition) is 4. The molecule has 1 fully saturated rings. The van der Waals surface area contributed by atoms with Crippen LogP contribution in [0.25, 0.3) is 0 Å². The van der Waals surface area contributed by atoms with Crippen molar-refractivity contribution in [1.29, 1.82) is 0 Å². The molecule has 23 heavy (non-hydrogen) atoms. The summed E-state index contributed by atoms with van der Waals surface area (Å²) in [6.07, 6.45) is 3.45. The number of aromatic amines is 1. The van der Waals surface area contributed by atoms with E-state index >= 15 is 0 Å². The van der Waals surface area contributed by atoms with Gasteiger partial charge >= 0.3 is 0 Å². The average Bonchev–Trinajstić information content (AvgIpc) is 3.04. The van der Waals surface area contributed by atoms with Crippen LogP contribution in [-0.2, 0) is 10.0 Å². The highest BCUT2D eigenvalue weighted by Crippen LogP contribution is 2.29. The van der Waals surface area contributed by atoms with Gasteiger partial charge in [0.2, 0.25) is 10.0 Å². The van der Waals surface area contributed by atoms with E-state index in [2.05, 4.69) is 30.8 Å². The lowest BCUT2D eigenvalue weighted by molar-refractivity contribution is 0.142. The summed E-state index contributed by atoms with van der Waals surface area (Å²) in [5, 5.41) is 0. The molecular formula is C15H19BrN4O2S. The van der Waals surface area contributed by atoms with Crippen molar-refractivity contribution in [1.82, 2.24) is 19.2 Å². The molecule has 1 aromatic heterocycles. The van der Waals surface area contributed by atoms with Crippen LogP contribution in [0.15, 0.2) is 40.0 Å². The minimum Gasteiger partial charge on any atom is -0.347 e. The standard InChI is InChI=1S/C15H19BrN4O2S/c1-11-12(16)4-3-5-14(11)23(21,22)20-9-8-19(2)13(10-20)15-17-6-7-18-15/h3-7,13H,8-10H2,1-2H3,(H,17,18)/t13-/m1/s1. The van der Waals surface area contributed by atoms with Gasteiger partial charge < -0.3 is 4.98 Å². The first-order chi connectivity index (χ1) is 10.9. The maximum Gasteiger partial charge on any atom is 0.243 e. The van der Waals surface area contributed by atoms with Crippen LogP contribution in [0.2, 0.25) is 0 Å². The molecule has 0 bridgehead atoms. The highest BCUT2D eigenvalue weighted by atomic mass is 79.9. The second-order valence-electron chi connectivity index (χ2n) is 5.70. The van der Waals surface area contributed by atoms with Crippen molar-refractivity contribution in [3.63, 3.8) is 0 Å². The van der Waals surface area contributed by atoms with Crippen LogP contribution in [0.1, 0.15) is 17.4 Å². The number of H-pyrrole nitrogens is 1. The van der Waals surface area contributed by atoms with Gasteiger partial charge in [0.25, 0.3) is 0 Å². The van der Waals surface area contributed by atoms with Crippen molar-refractivity contribution < 1.29 is 8.42 Å². The largest absolute Gasteiger partial charge is 0.347 e. The Morgan fingerprint density at radius 2 is 2.13 bits per heavy atom. The van der Waals surface area contributed by atoms with Gasteiger partial charge in [0, 0.05) is 36.5 Å². The van der Waals surface area contributed by atoms with Crippen molar-refractivity contribution in [3.05, 3.63) is 46.5 Å². The van der Waals surface area contributed by atoms with Gasteiger partial charge in [0.15, 0.2) is 0 Å². The molecule has 0 saturated carbocycles. The third kappa shape index (κ3) is 3.08. The van der Waals surface area contributed by atoms with Crippen LogP contribution in [0.5, 0.6) is 0 Å². The van der Waals surface area contributed by atoms with Gasteiger partial charge in [0.1, 0.15) is 5.82 Å². The fourth-order valence-corrected chi connectivity index (χ4v) is 5.01. The highest BCUT2D eigenvalue weighted by molar-refractivity contribution is 9.10. The van der Waals surface area contributed by atoms with Crippen molar-refractivity contribution in [3.8, 4) is 0 Å². The molecule has 2 aromatic rings. The molecule has 1 saturated heterocycles. The van der Waals surface area contributed by atoms with Crippen LogP contribution < -0.4 is 0 Å². The van der Waals surface area contributed by atoms with Crippen LogP contribution in [-0.4, -0.2) is 54.3 Å². The molecular weight excluding hydrogens is 380 g/mol. The van der Waals surface area contributed by atoms with E-state index in [-0.39, 0.29) is 6.04 Å². The summed E-state index contributed by atoms with van der Waals surface area (Å²) in [6.45, 7) is 3.34.